The predicted octanol–water partition coefficient (Wildman–Crippen LogP) is 2.49. The van der Waals surface area contributed by atoms with Crippen LogP contribution in [0.2, 0.25) is 0 Å². The number of esters is 1. The van der Waals surface area contributed by atoms with Crippen LogP contribution in [0.1, 0.15) is 24.8 Å². The number of ether oxygens (including phenoxy) is 1. The number of terminal acetylenes is 1. The van der Waals surface area contributed by atoms with Gasteiger partial charge in [0.2, 0.25) is 0 Å². The highest BCUT2D eigenvalue weighted by molar-refractivity contribution is 5.77. The van der Waals surface area contributed by atoms with Gasteiger partial charge >= 0.3 is 5.97 Å². The molecule has 17 heavy (non-hydrogen) atoms. The number of hydrogen-bond acceptors (Lipinski definition) is 2. The van der Waals surface area contributed by atoms with E-state index in [1.54, 1.807) is 19.1 Å². The Labute approximate surface area is 99.8 Å². The normalized spacial score (nSPS) is 23.6. The van der Waals surface area contributed by atoms with Crippen molar-refractivity contribution in [2.24, 2.45) is 5.92 Å². The fourth-order valence-corrected chi connectivity index (χ4v) is 1.83. The molecule has 0 aliphatic heterocycles. The van der Waals surface area contributed by atoms with Crippen molar-refractivity contribution in [3.63, 3.8) is 0 Å². The zero-order chi connectivity index (χ0) is 12.4. The van der Waals surface area contributed by atoms with Crippen LogP contribution in [0.3, 0.4) is 0 Å². The number of carbonyl (C=O) groups excluding carboxylic acids is 1. The molecule has 0 N–H and O–H groups in total. The Balaban J connectivity index is 1.94. The number of rotatable bonds is 3. The van der Waals surface area contributed by atoms with Gasteiger partial charge in [0, 0.05) is 0 Å². The van der Waals surface area contributed by atoms with E-state index in [1.807, 2.05) is 0 Å². The topological polar surface area (TPSA) is 26.3 Å². The average molecular weight is 232 g/mol. The Kier molecular flexibility index (Phi) is 3.14. The van der Waals surface area contributed by atoms with Gasteiger partial charge in [-0.05, 0) is 37.0 Å². The Hall–Kier alpha value is -1.82. The maximum absolute atomic E-state index is 12.7. The van der Waals surface area contributed by atoms with Crippen LogP contribution in [0.25, 0.3) is 0 Å². The Morgan fingerprint density at radius 2 is 2.18 bits per heavy atom. The molecule has 2 rings (SSSR count). The molecule has 0 heterocycles. The molecular weight excluding hydrogens is 219 g/mol. The first kappa shape index (κ1) is 11.7. The number of halogens is 1. The largest absolute Gasteiger partial charge is 0.449 e. The van der Waals surface area contributed by atoms with E-state index < -0.39 is 6.10 Å². The minimum Gasteiger partial charge on any atom is -0.449 e. The van der Waals surface area contributed by atoms with E-state index in [4.69, 9.17) is 11.2 Å². The van der Waals surface area contributed by atoms with Gasteiger partial charge in [-0.3, -0.25) is 4.79 Å². The first-order valence-electron chi connectivity index (χ1n) is 5.54. The molecule has 2 nitrogen and oxygen atoms in total. The second kappa shape index (κ2) is 4.58. The van der Waals surface area contributed by atoms with E-state index >= 15 is 0 Å². The third kappa shape index (κ3) is 2.65. The standard InChI is InChI=1S/C14H13FO2/c1-3-9(2)17-14(16)13-8-12(13)10-4-6-11(15)7-5-10/h1,4-7,9,12-13H,8H2,2H3/t9-,12+,13+/m0/s1. The van der Waals surface area contributed by atoms with Gasteiger partial charge in [-0.2, -0.15) is 0 Å². The van der Waals surface area contributed by atoms with Gasteiger partial charge < -0.3 is 4.74 Å². The number of hydrogen-bond donors (Lipinski definition) is 0. The molecule has 0 radical (unpaired) electrons. The minimum atomic E-state index is -0.489. The van der Waals surface area contributed by atoms with Crippen molar-refractivity contribution in [1.82, 2.24) is 0 Å². The molecule has 3 heteroatoms. The van der Waals surface area contributed by atoms with Crippen LogP contribution < -0.4 is 0 Å². The van der Waals surface area contributed by atoms with Gasteiger partial charge in [0.15, 0.2) is 6.10 Å². The molecular formula is C14H13FO2. The summed E-state index contributed by atoms with van der Waals surface area (Å²) >= 11 is 0. The van der Waals surface area contributed by atoms with E-state index in [-0.39, 0.29) is 23.6 Å². The Morgan fingerprint density at radius 1 is 1.53 bits per heavy atom. The van der Waals surface area contributed by atoms with Crippen LogP contribution >= 0.6 is 0 Å². The average Bonchev–Trinajstić information content (AvgIpc) is 3.10. The van der Waals surface area contributed by atoms with Gasteiger partial charge in [0.25, 0.3) is 0 Å². The molecule has 0 spiro atoms. The molecule has 0 amide bonds. The number of benzene rings is 1. The fraction of sp³-hybridized carbons (Fsp3) is 0.357. The van der Waals surface area contributed by atoms with Gasteiger partial charge in [-0.25, -0.2) is 4.39 Å². The van der Waals surface area contributed by atoms with Crippen molar-refractivity contribution in [2.75, 3.05) is 0 Å². The van der Waals surface area contributed by atoms with E-state index in [9.17, 15) is 9.18 Å². The SMILES string of the molecule is C#C[C@H](C)OC(=O)[C@@H]1C[C@@H]1c1ccc(F)cc1. The van der Waals surface area contributed by atoms with Crippen LogP contribution in [-0.4, -0.2) is 12.1 Å². The fourth-order valence-electron chi connectivity index (χ4n) is 1.83. The zero-order valence-corrected chi connectivity index (χ0v) is 9.52. The first-order valence-corrected chi connectivity index (χ1v) is 5.54. The summed E-state index contributed by atoms with van der Waals surface area (Å²) in [6, 6.07) is 6.22. The molecule has 0 aromatic heterocycles. The molecule has 1 fully saturated rings. The van der Waals surface area contributed by atoms with Gasteiger partial charge in [0.05, 0.1) is 5.92 Å². The highest BCUT2D eigenvalue weighted by Gasteiger charge is 2.45. The summed E-state index contributed by atoms with van der Waals surface area (Å²) in [5.74, 6) is 1.84. The van der Waals surface area contributed by atoms with E-state index in [2.05, 4.69) is 5.92 Å². The minimum absolute atomic E-state index is 0.128. The van der Waals surface area contributed by atoms with Gasteiger partial charge in [0.1, 0.15) is 5.82 Å². The van der Waals surface area contributed by atoms with Gasteiger partial charge in [-0.1, -0.05) is 18.1 Å². The highest BCUT2D eigenvalue weighted by atomic mass is 19.1. The van der Waals surface area contributed by atoms with Crippen LogP contribution in [0, 0.1) is 24.1 Å². The van der Waals surface area contributed by atoms with Crippen LogP contribution in [0.15, 0.2) is 24.3 Å². The third-order valence-electron chi connectivity index (χ3n) is 2.92. The zero-order valence-electron chi connectivity index (χ0n) is 9.52. The molecule has 1 saturated carbocycles. The quantitative estimate of drug-likeness (QED) is 0.591. The number of carbonyl (C=O) groups is 1. The summed E-state index contributed by atoms with van der Waals surface area (Å²) in [5, 5.41) is 0. The molecule has 1 aromatic rings. The Bertz CT molecular complexity index is 458. The van der Waals surface area contributed by atoms with E-state index in [1.165, 1.54) is 12.1 Å². The second-order valence-electron chi connectivity index (χ2n) is 4.25. The van der Waals surface area contributed by atoms with Crippen molar-refractivity contribution in [1.29, 1.82) is 0 Å². The van der Waals surface area contributed by atoms with Crippen LogP contribution in [0.4, 0.5) is 4.39 Å². The lowest BCUT2D eigenvalue weighted by Gasteiger charge is -2.06. The Morgan fingerprint density at radius 3 is 2.76 bits per heavy atom. The highest BCUT2D eigenvalue weighted by Crippen LogP contribution is 2.48. The first-order chi connectivity index (χ1) is 8.11. The molecule has 1 aromatic carbocycles. The molecule has 0 saturated heterocycles. The maximum Gasteiger partial charge on any atom is 0.310 e. The van der Waals surface area contributed by atoms with Crippen molar-refractivity contribution in [3.8, 4) is 12.3 Å². The van der Waals surface area contributed by atoms with E-state index in [0.717, 1.165) is 12.0 Å². The summed E-state index contributed by atoms with van der Waals surface area (Å²) in [7, 11) is 0. The molecule has 88 valence electrons. The second-order valence-corrected chi connectivity index (χ2v) is 4.25. The predicted molar refractivity (Wildman–Crippen MR) is 61.6 cm³/mol. The summed E-state index contributed by atoms with van der Waals surface area (Å²) in [5.41, 5.74) is 0.974. The summed E-state index contributed by atoms with van der Waals surface area (Å²) in [6.45, 7) is 1.66. The van der Waals surface area contributed by atoms with Crippen LogP contribution in [-0.2, 0) is 9.53 Å². The summed E-state index contributed by atoms with van der Waals surface area (Å²) < 4.78 is 17.8. The maximum atomic E-state index is 12.7. The van der Waals surface area contributed by atoms with Crippen LogP contribution in [0.5, 0.6) is 0 Å². The van der Waals surface area contributed by atoms with Crippen molar-refractivity contribution in [3.05, 3.63) is 35.6 Å². The molecule has 0 unspecified atom stereocenters. The lowest BCUT2D eigenvalue weighted by Crippen LogP contribution is -2.15. The summed E-state index contributed by atoms with van der Waals surface area (Å²) in [6.07, 6.45) is 5.40. The smallest absolute Gasteiger partial charge is 0.310 e. The monoisotopic (exact) mass is 232 g/mol. The lowest BCUT2D eigenvalue weighted by molar-refractivity contribution is -0.147. The van der Waals surface area contributed by atoms with Crippen molar-refractivity contribution >= 4 is 5.97 Å². The third-order valence-corrected chi connectivity index (χ3v) is 2.92. The van der Waals surface area contributed by atoms with E-state index in [0.29, 0.717) is 0 Å². The van der Waals surface area contributed by atoms with Crippen molar-refractivity contribution in [2.45, 2.75) is 25.4 Å². The van der Waals surface area contributed by atoms with Gasteiger partial charge in [-0.15, -0.1) is 6.42 Å². The summed E-state index contributed by atoms with van der Waals surface area (Å²) in [4.78, 5) is 11.6. The molecule has 1 aliphatic carbocycles. The molecule has 1 aliphatic rings. The molecule has 3 atom stereocenters. The molecule has 0 bridgehead atoms. The lowest BCUT2D eigenvalue weighted by atomic mass is 10.1. The van der Waals surface area contributed by atoms with Crippen molar-refractivity contribution < 1.29 is 13.9 Å².